The predicted octanol–water partition coefficient (Wildman–Crippen LogP) is -1.17. The lowest BCUT2D eigenvalue weighted by atomic mass is 10.3. The number of amides is 1. The van der Waals surface area contributed by atoms with Crippen molar-refractivity contribution in [3.63, 3.8) is 0 Å². The summed E-state index contributed by atoms with van der Waals surface area (Å²) in [7, 11) is 2.16. The molecule has 104 valence electrons. The van der Waals surface area contributed by atoms with Crippen LogP contribution >= 0.6 is 11.6 Å². The second-order valence-corrected chi connectivity index (χ2v) is 5.47. The maximum absolute atomic E-state index is 13.0. The minimum atomic E-state index is -0.479. The Bertz CT molecular complexity index is 461. The largest absolute Gasteiger partial charge is 0.328 e. The van der Waals surface area contributed by atoms with Gasteiger partial charge in [0.1, 0.15) is 32.0 Å². The van der Waals surface area contributed by atoms with Gasteiger partial charge in [-0.25, -0.2) is 4.39 Å². The van der Waals surface area contributed by atoms with Crippen LogP contribution in [-0.2, 0) is 4.79 Å². The Morgan fingerprint density at radius 1 is 1.37 bits per heavy atom. The number of piperazine rings is 1. The van der Waals surface area contributed by atoms with E-state index in [1.165, 1.54) is 28.0 Å². The van der Waals surface area contributed by atoms with Crippen molar-refractivity contribution >= 4 is 23.2 Å². The van der Waals surface area contributed by atoms with Gasteiger partial charge in [0.15, 0.2) is 6.54 Å². The summed E-state index contributed by atoms with van der Waals surface area (Å²) < 4.78 is 13.0. The number of halogens is 2. The summed E-state index contributed by atoms with van der Waals surface area (Å²) in [5.74, 6) is -0.537. The third-order valence-corrected chi connectivity index (χ3v) is 3.71. The van der Waals surface area contributed by atoms with E-state index in [0.29, 0.717) is 12.2 Å². The molecule has 0 aliphatic carbocycles. The van der Waals surface area contributed by atoms with Gasteiger partial charge >= 0.3 is 0 Å². The third kappa shape index (κ3) is 4.16. The van der Waals surface area contributed by atoms with Crippen LogP contribution in [0.1, 0.15) is 0 Å². The maximum Gasteiger partial charge on any atom is 0.279 e. The van der Waals surface area contributed by atoms with Crippen LogP contribution in [0.15, 0.2) is 18.2 Å². The zero-order valence-corrected chi connectivity index (χ0v) is 11.7. The molecule has 1 amide bonds. The Morgan fingerprint density at radius 2 is 2.05 bits per heavy atom. The van der Waals surface area contributed by atoms with E-state index in [9.17, 15) is 9.18 Å². The van der Waals surface area contributed by atoms with Crippen LogP contribution < -0.4 is 15.1 Å². The van der Waals surface area contributed by atoms with Gasteiger partial charge in [-0.3, -0.25) is 4.79 Å². The van der Waals surface area contributed by atoms with Gasteiger partial charge in [0.2, 0.25) is 0 Å². The number of carbonyl (C=O) groups is 1. The SMILES string of the molecule is C[NH+]1CC[NH+](CC(=O)Nc2ccc(F)c(Cl)c2)CC1. The molecule has 0 bridgehead atoms. The van der Waals surface area contributed by atoms with Gasteiger partial charge in [-0.15, -0.1) is 0 Å². The van der Waals surface area contributed by atoms with Crippen molar-refractivity contribution in [2.45, 2.75) is 0 Å². The highest BCUT2D eigenvalue weighted by atomic mass is 35.5. The lowest BCUT2D eigenvalue weighted by Gasteiger charge is -2.26. The van der Waals surface area contributed by atoms with Crippen LogP contribution in [0.25, 0.3) is 0 Å². The molecule has 1 fully saturated rings. The number of nitrogens with one attached hydrogen (secondary N) is 3. The molecule has 0 radical (unpaired) electrons. The van der Waals surface area contributed by atoms with Gasteiger partial charge in [0.25, 0.3) is 5.91 Å². The summed E-state index contributed by atoms with van der Waals surface area (Å²) in [6.45, 7) is 4.63. The molecule has 1 aliphatic heterocycles. The van der Waals surface area contributed by atoms with Crippen molar-refractivity contribution in [2.75, 3.05) is 45.1 Å². The van der Waals surface area contributed by atoms with E-state index < -0.39 is 5.82 Å². The van der Waals surface area contributed by atoms with E-state index in [1.807, 2.05) is 0 Å². The highest BCUT2D eigenvalue weighted by molar-refractivity contribution is 6.31. The Balaban J connectivity index is 1.85. The highest BCUT2D eigenvalue weighted by Gasteiger charge is 2.22. The zero-order valence-electron chi connectivity index (χ0n) is 10.9. The van der Waals surface area contributed by atoms with Crippen LogP contribution in [0.5, 0.6) is 0 Å². The average Bonchev–Trinajstić information content (AvgIpc) is 2.37. The van der Waals surface area contributed by atoms with E-state index in [0.717, 1.165) is 26.2 Å². The van der Waals surface area contributed by atoms with Gasteiger partial charge in [-0.05, 0) is 18.2 Å². The standard InChI is InChI=1S/C13H17ClFN3O/c1-17-4-6-18(7-5-17)9-13(19)16-10-2-3-12(15)11(14)8-10/h2-3,8H,4-7,9H2,1H3,(H,16,19)/p+2. The summed E-state index contributed by atoms with van der Waals surface area (Å²) in [4.78, 5) is 14.7. The summed E-state index contributed by atoms with van der Waals surface area (Å²) in [6.07, 6.45) is 0. The fraction of sp³-hybridized carbons (Fsp3) is 0.462. The van der Waals surface area contributed by atoms with Crippen LogP contribution in [0.3, 0.4) is 0 Å². The van der Waals surface area contributed by atoms with Gasteiger partial charge in [0.05, 0.1) is 12.1 Å². The Labute approximate surface area is 117 Å². The number of anilines is 1. The zero-order chi connectivity index (χ0) is 13.8. The maximum atomic E-state index is 13.0. The summed E-state index contributed by atoms with van der Waals surface area (Å²) in [6, 6.07) is 4.20. The molecular weight excluding hydrogens is 269 g/mol. The molecule has 4 nitrogen and oxygen atoms in total. The molecule has 0 atom stereocenters. The van der Waals surface area contributed by atoms with Gasteiger partial charge in [-0.1, -0.05) is 11.6 Å². The van der Waals surface area contributed by atoms with E-state index in [1.54, 1.807) is 0 Å². The first-order chi connectivity index (χ1) is 9.04. The number of benzene rings is 1. The Kier molecular flexibility index (Phi) is 4.74. The molecule has 0 aromatic heterocycles. The number of likely N-dealkylation sites (N-methyl/N-ethyl adjacent to an activating group) is 1. The number of quaternary nitrogens is 2. The third-order valence-electron chi connectivity index (χ3n) is 3.42. The molecular formula is C13H19ClFN3O+2. The molecule has 1 heterocycles. The predicted molar refractivity (Wildman–Crippen MR) is 72.2 cm³/mol. The van der Waals surface area contributed by atoms with E-state index >= 15 is 0 Å². The van der Waals surface area contributed by atoms with Crippen LogP contribution in [0.2, 0.25) is 5.02 Å². The second-order valence-electron chi connectivity index (χ2n) is 5.06. The number of hydrogen-bond donors (Lipinski definition) is 3. The number of rotatable bonds is 3. The summed E-state index contributed by atoms with van der Waals surface area (Å²) in [5.41, 5.74) is 0.538. The number of hydrogen-bond acceptors (Lipinski definition) is 1. The van der Waals surface area contributed by atoms with Crippen molar-refractivity contribution in [2.24, 2.45) is 0 Å². The highest BCUT2D eigenvalue weighted by Crippen LogP contribution is 2.18. The monoisotopic (exact) mass is 287 g/mol. The molecule has 1 aromatic carbocycles. The van der Waals surface area contributed by atoms with Crippen molar-refractivity contribution in [1.82, 2.24) is 0 Å². The van der Waals surface area contributed by atoms with Crippen LogP contribution in [-0.4, -0.2) is 45.7 Å². The molecule has 1 saturated heterocycles. The number of carbonyl (C=O) groups excluding carboxylic acids is 1. The average molecular weight is 288 g/mol. The van der Waals surface area contributed by atoms with E-state index in [4.69, 9.17) is 11.6 Å². The first-order valence-corrected chi connectivity index (χ1v) is 6.82. The van der Waals surface area contributed by atoms with Crippen LogP contribution in [0, 0.1) is 5.82 Å². The lowest BCUT2D eigenvalue weighted by Crippen LogP contribution is -3.27. The van der Waals surface area contributed by atoms with Gasteiger partial charge < -0.3 is 15.1 Å². The normalized spacial score (nSPS) is 23.1. The summed E-state index contributed by atoms with van der Waals surface area (Å²) >= 11 is 5.67. The fourth-order valence-electron chi connectivity index (χ4n) is 2.21. The molecule has 2 rings (SSSR count). The summed E-state index contributed by atoms with van der Waals surface area (Å²) in [5, 5.41) is 2.77. The second kappa shape index (κ2) is 6.32. The smallest absolute Gasteiger partial charge is 0.279 e. The topological polar surface area (TPSA) is 38.0 Å². The Morgan fingerprint density at radius 3 is 2.68 bits per heavy atom. The molecule has 6 heteroatoms. The Hall–Kier alpha value is -1.17. The molecule has 3 N–H and O–H groups in total. The van der Waals surface area contributed by atoms with Crippen molar-refractivity contribution in [3.05, 3.63) is 29.0 Å². The first-order valence-electron chi connectivity index (χ1n) is 6.44. The fourth-order valence-corrected chi connectivity index (χ4v) is 2.39. The van der Waals surface area contributed by atoms with Crippen molar-refractivity contribution < 1.29 is 19.0 Å². The van der Waals surface area contributed by atoms with Gasteiger partial charge in [-0.2, -0.15) is 0 Å². The van der Waals surface area contributed by atoms with Crippen molar-refractivity contribution in [1.29, 1.82) is 0 Å². The molecule has 0 unspecified atom stereocenters. The van der Waals surface area contributed by atoms with E-state index in [2.05, 4.69) is 12.4 Å². The minimum absolute atomic E-state index is 0.0216. The molecule has 0 spiro atoms. The molecule has 1 aromatic rings. The molecule has 0 saturated carbocycles. The quantitative estimate of drug-likeness (QED) is 0.644. The lowest BCUT2D eigenvalue weighted by molar-refractivity contribution is -0.999. The van der Waals surface area contributed by atoms with E-state index in [-0.39, 0.29) is 10.9 Å². The van der Waals surface area contributed by atoms with Crippen LogP contribution in [0.4, 0.5) is 10.1 Å². The van der Waals surface area contributed by atoms with Gasteiger partial charge in [0, 0.05) is 5.69 Å². The first kappa shape index (κ1) is 14.2. The minimum Gasteiger partial charge on any atom is -0.328 e. The van der Waals surface area contributed by atoms with Crippen molar-refractivity contribution in [3.8, 4) is 0 Å². The molecule has 1 aliphatic rings. The molecule has 19 heavy (non-hydrogen) atoms.